The normalized spacial score (nSPS) is 15.3. The lowest BCUT2D eigenvalue weighted by molar-refractivity contribution is -0.121. The molecule has 2 heterocycles. The molecule has 4 nitrogen and oxygen atoms in total. The van der Waals surface area contributed by atoms with Crippen LogP contribution in [0.25, 0.3) is 0 Å². The summed E-state index contributed by atoms with van der Waals surface area (Å²) in [5.74, 6) is -0.328. The number of pyridine rings is 1. The first-order valence-corrected chi connectivity index (χ1v) is 6.46. The second-order valence-corrected chi connectivity index (χ2v) is 5.32. The highest BCUT2D eigenvalue weighted by Crippen LogP contribution is 2.25. The fourth-order valence-corrected chi connectivity index (χ4v) is 2.11. The van der Waals surface area contributed by atoms with Crippen molar-refractivity contribution < 1.29 is 9.59 Å². The van der Waals surface area contributed by atoms with E-state index in [-0.39, 0.29) is 24.7 Å². The number of carbonyl (C=O) groups is 2. The Morgan fingerprint density at radius 2 is 2.06 bits per heavy atom. The SMILES string of the molecule is O=C1CCC(=O)N1c1cccnc1CCC(=S)S. The number of aryl methyl sites for hydroxylation is 1. The number of thiol groups is 1. The van der Waals surface area contributed by atoms with E-state index in [0.29, 0.717) is 28.4 Å². The molecule has 18 heavy (non-hydrogen) atoms. The van der Waals surface area contributed by atoms with E-state index in [0.717, 1.165) is 0 Å². The summed E-state index contributed by atoms with van der Waals surface area (Å²) in [4.78, 5) is 28.9. The molecule has 1 saturated heterocycles. The van der Waals surface area contributed by atoms with Crippen molar-refractivity contribution in [2.24, 2.45) is 0 Å². The molecule has 0 radical (unpaired) electrons. The van der Waals surface area contributed by atoms with Crippen LogP contribution in [0.4, 0.5) is 5.69 Å². The number of imide groups is 1. The Bertz CT molecular complexity index is 501. The van der Waals surface area contributed by atoms with Gasteiger partial charge in [0.25, 0.3) is 0 Å². The van der Waals surface area contributed by atoms with Gasteiger partial charge in [0.05, 0.1) is 11.4 Å². The number of hydrogen-bond donors (Lipinski definition) is 1. The Kier molecular flexibility index (Phi) is 4.08. The number of thiocarbonyl (C=S) groups is 1. The molecule has 1 aromatic rings. The van der Waals surface area contributed by atoms with Crippen LogP contribution in [0.2, 0.25) is 0 Å². The monoisotopic (exact) mass is 280 g/mol. The molecule has 1 aliphatic rings. The van der Waals surface area contributed by atoms with Crippen LogP contribution in [-0.4, -0.2) is 21.0 Å². The standard InChI is InChI=1S/C12H12N2O2S2/c15-10-4-5-11(16)14(10)9-2-1-7-13-8(9)3-6-12(17)18/h1-2,7H,3-6H2,(H,17,18). The molecule has 6 heteroatoms. The van der Waals surface area contributed by atoms with Gasteiger partial charge in [0.15, 0.2) is 0 Å². The maximum absolute atomic E-state index is 11.7. The summed E-state index contributed by atoms with van der Waals surface area (Å²) in [6.45, 7) is 0. The molecule has 1 fully saturated rings. The molecule has 1 aliphatic heterocycles. The zero-order valence-electron chi connectivity index (χ0n) is 9.63. The van der Waals surface area contributed by atoms with Crippen molar-refractivity contribution in [3.8, 4) is 0 Å². The average Bonchev–Trinajstić information content (AvgIpc) is 2.67. The summed E-state index contributed by atoms with van der Waals surface area (Å²) in [5, 5.41) is 0. The summed E-state index contributed by atoms with van der Waals surface area (Å²) < 4.78 is 0.589. The first kappa shape index (κ1) is 13.2. The first-order valence-electron chi connectivity index (χ1n) is 5.61. The quantitative estimate of drug-likeness (QED) is 0.520. The topological polar surface area (TPSA) is 50.3 Å². The lowest BCUT2D eigenvalue weighted by Gasteiger charge is -2.16. The number of hydrogen-bond acceptors (Lipinski definition) is 4. The molecule has 0 aromatic carbocycles. The van der Waals surface area contributed by atoms with Crippen molar-refractivity contribution in [2.75, 3.05) is 4.90 Å². The van der Waals surface area contributed by atoms with E-state index >= 15 is 0 Å². The third kappa shape index (κ3) is 2.76. The van der Waals surface area contributed by atoms with Crippen molar-refractivity contribution in [3.05, 3.63) is 24.0 Å². The zero-order valence-corrected chi connectivity index (χ0v) is 11.3. The number of anilines is 1. The second kappa shape index (κ2) is 5.58. The second-order valence-electron chi connectivity index (χ2n) is 3.99. The fraction of sp³-hybridized carbons (Fsp3) is 0.333. The summed E-state index contributed by atoms with van der Waals surface area (Å²) in [5.41, 5.74) is 1.28. The van der Waals surface area contributed by atoms with Crippen molar-refractivity contribution >= 4 is 46.5 Å². The maximum atomic E-state index is 11.7. The van der Waals surface area contributed by atoms with Crippen LogP contribution in [-0.2, 0) is 16.0 Å². The minimum Gasteiger partial charge on any atom is -0.274 e. The Hall–Kier alpha value is -1.27. The van der Waals surface area contributed by atoms with Gasteiger partial charge in [-0.05, 0) is 25.0 Å². The molecule has 0 aliphatic carbocycles. The molecule has 0 spiro atoms. The Labute approximate surface area is 116 Å². The minimum absolute atomic E-state index is 0.164. The van der Waals surface area contributed by atoms with Gasteiger partial charge in [-0.25, -0.2) is 4.90 Å². The number of carbonyl (C=O) groups excluding carboxylic acids is 2. The van der Waals surface area contributed by atoms with Gasteiger partial charge in [-0.1, -0.05) is 12.2 Å². The molecule has 0 N–H and O–H groups in total. The average molecular weight is 280 g/mol. The van der Waals surface area contributed by atoms with Crippen LogP contribution < -0.4 is 4.90 Å². The van der Waals surface area contributed by atoms with Gasteiger partial charge >= 0.3 is 0 Å². The van der Waals surface area contributed by atoms with Gasteiger partial charge in [-0.3, -0.25) is 14.6 Å². The first-order chi connectivity index (χ1) is 8.59. The van der Waals surface area contributed by atoms with Crippen LogP contribution in [0.3, 0.4) is 0 Å². The minimum atomic E-state index is -0.164. The predicted molar refractivity (Wildman–Crippen MR) is 75.9 cm³/mol. The van der Waals surface area contributed by atoms with Gasteiger partial charge < -0.3 is 0 Å². The molecule has 0 atom stereocenters. The molecule has 1 aromatic heterocycles. The van der Waals surface area contributed by atoms with Crippen LogP contribution in [0, 0.1) is 0 Å². The molecule has 0 bridgehead atoms. The summed E-state index contributed by atoms with van der Waals surface area (Å²) in [6, 6.07) is 3.46. The lowest BCUT2D eigenvalue weighted by Crippen LogP contribution is -2.29. The van der Waals surface area contributed by atoms with Crippen molar-refractivity contribution in [3.63, 3.8) is 0 Å². The number of nitrogens with zero attached hydrogens (tertiary/aromatic N) is 2. The van der Waals surface area contributed by atoms with E-state index in [9.17, 15) is 9.59 Å². The smallest absolute Gasteiger partial charge is 0.234 e. The zero-order chi connectivity index (χ0) is 13.1. The van der Waals surface area contributed by atoms with E-state index < -0.39 is 0 Å². The maximum Gasteiger partial charge on any atom is 0.234 e. The third-order valence-electron chi connectivity index (χ3n) is 2.73. The predicted octanol–water partition coefficient (Wildman–Crippen LogP) is 1.92. The van der Waals surface area contributed by atoms with Gasteiger partial charge in [-0.15, -0.1) is 12.6 Å². The summed E-state index contributed by atoms with van der Waals surface area (Å²) >= 11 is 8.97. The largest absolute Gasteiger partial charge is 0.274 e. The number of rotatable bonds is 4. The van der Waals surface area contributed by atoms with E-state index in [2.05, 4.69) is 17.6 Å². The third-order valence-corrected chi connectivity index (χ3v) is 3.16. The molecule has 0 saturated carbocycles. The lowest BCUT2D eigenvalue weighted by atomic mass is 10.2. The fourth-order valence-electron chi connectivity index (χ4n) is 1.90. The van der Waals surface area contributed by atoms with Gasteiger partial charge in [0.1, 0.15) is 0 Å². The summed E-state index contributed by atoms with van der Waals surface area (Å²) in [6.07, 6.45) is 3.37. The Morgan fingerprint density at radius 1 is 1.39 bits per heavy atom. The van der Waals surface area contributed by atoms with Crippen LogP contribution in [0.5, 0.6) is 0 Å². The molecule has 0 unspecified atom stereocenters. The highest BCUT2D eigenvalue weighted by molar-refractivity contribution is 8.11. The molecule has 2 amide bonds. The molecular formula is C12H12N2O2S2. The van der Waals surface area contributed by atoms with Gasteiger partial charge in [-0.2, -0.15) is 0 Å². The van der Waals surface area contributed by atoms with E-state index in [1.165, 1.54) is 4.90 Å². The Balaban J connectivity index is 2.29. The molecule has 94 valence electrons. The van der Waals surface area contributed by atoms with Crippen molar-refractivity contribution in [1.82, 2.24) is 4.98 Å². The van der Waals surface area contributed by atoms with Gasteiger partial charge in [0.2, 0.25) is 11.8 Å². The number of amides is 2. The van der Waals surface area contributed by atoms with E-state index in [1.807, 2.05) is 0 Å². The number of aromatic nitrogens is 1. The van der Waals surface area contributed by atoms with E-state index in [1.54, 1.807) is 18.3 Å². The highest BCUT2D eigenvalue weighted by Gasteiger charge is 2.31. The van der Waals surface area contributed by atoms with Crippen molar-refractivity contribution in [2.45, 2.75) is 25.7 Å². The summed E-state index contributed by atoms with van der Waals surface area (Å²) in [7, 11) is 0. The molecule has 2 rings (SSSR count). The molecular weight excluding hydrogens is 268 g/mol. The van der Waals surface area contributed by atoms with Crippen LogP contribution in [0.1, 0.15) is 25.0 Å². The highest BCUT2D eigenvalue weighted by atomic mass is 32.1. The van der Waals surface area contributed by atoms with Crippen molar-refractivity contribution in [1.29, 1.82) is 0 Å². The van der Waals surface area contributed by atoms with Gasteiger partial charge in [0, 0.05) is 23.2 Å². The Morgan fingerprint density at radius 3 is 2.67 bits per heavy atom. The van der Waals surface area contributed by atoms with Crippen LogP contribution in [0.15, 0.2) is 18.3 Å². The van der Waals surface area contributed by atoms with Crippen LogP contribution >= 0.6 is 24.8 Å². The van der Waals surface area contributed by atoms with E-state index in [4.69, 9.17) is 12.2 Å².